The quantitative estimate of drug-likeness (QED) is 0.448. The highest BCUT2D eigenvalue weighted by molar-refractivity contribution is 6.11. The average molecular weight is 461 g/mol. The molecule has 4 rings (SSSR count). The highest BCUT2D eigenvalue weighted by Gasteiger charge is 2.20. The number of ether oxygens (including phenoxy) is 4. The van der Waals surface area contributed by atoms with Gasteiger partial charge >= 0.3 is 0 Å². The zero-order valence-corrected chi connectivity index (χ0v) is 19.1. The lowest BCUT2D eigenvalue weighted by atomic mass is 10.1. The maximum absolute atomic E-state index is 13.3. The molecule has 0 aliphatic heterocycles. The van der Waals surface area contributed by atoms with Crippen molar-refractivity contribution in [3.63, 3.8) is 0 Å². The van der Waals surface area contributed by atoms with Gasteiger partial charge in [-0.05, 0) is 30.3 Å². The first-order valence-electron chi connectivity index (χ1n) is 10.3. The molecule has 0 aliphatic rings. The molecule has 1 heterocycles. The van der Waals surface area contributed by atoms with Crippen LogP contribution in [0.1, 0.15) is 10.5 Å². The molecule has 0 spiro atoms. The Morgan fingerprint density at radius 2 is 1.50 bits per heavy atom. The first-order chi connectivity index (χ1) is 16.5. The van der Waals surface area contributed by atoms with Crippen LogP contribution in [0.5, 0.6) is 23.0 Å². The Kier molecular flexibility index (Phi) is 6.35. The zero-order valence-electron chi connectivity index (χ0n) is 19.1. The molecule has 0 fully saturated rings. The van der Waals surface area contributed by atoms with Crippen LogP contribution < -0.4 is 29.8 Å². The second-order valence-electron chi connectivity index (χ2n) is 7.17. The third kappa shape index (κ3) is 4.11. The van der Waals surface area contributed by atoms with Gasteiger partial charge in [0.1, 0.15) is 17.2 Å². The summed E-state index contributed by atoms with van der Waals surface area (Å²) in [5, 5.41) is 8.01. The molecule has 0 aliphatic carbocycles. The van der Waals surface area contributed by atoms with Gasteiger partial charge in [0.15, 0.2) is 17.2 Å². The standard InChI is InChI=1S/C25H23N3O6/c1-31-16-10-11-19(21(14-16)33-3)28-25(30)18-8-6-5-7-17(18)23(27-28)24(29)26-15-9-12-20(32-2)22(13-15)34-4/h5-14H,1-4H3,(H,26,29). The van der Waals surface area contributed by atoms with E-state index in [-0.39, 0.29) is 11.3 Å². The SMILES string of the molecule is COc1ccc(-n2nc(C(=O)Nc3ccc(OC)c(OC)c3)c3ccccc3c2=O)c(OC)c1. The number of aromatic nitrogens is 2. The predicted octanol–water partition coefficient (Wildman–Crippen LogP) is 3.67. The number of amides is 1. The number of hydrogen-bond donors (Lipinski definition) is 1. The van der Waals surface area contributed by atoms with Crippen LogP contribution in [0.25, 0.3) is 16.5 Å². The van der Waals surface area contributed by atoms with Crippen molar-refractivity contribution < 1.29 is 23.7 Å². The maximum Gasteiger partial charge on any atom is 0.279 e. The number of benzene rings is 3. The lowest BCUT2D eigenvalue weighted by Gasteiger charge is -2.15. The molecular weight excluding hydrogens is 438 g/mol. The van der Waals surface area contributed by atoms with Crippen molar-refractivity contribution in [2.24, 2.45) is 0 Å². The second-order valence-corrected chi connectivity index (χ2v) is 7.17. The molecule has 0 unspecified atom stereocenters. The Morgan fingerprint density at radius 3 is 2.18 bits per heavy atom. The summed E-state index contributed by atoms with van der Waals surface area (Å²) in [4.78, 5) is 26.6. The van der Waals surface area contributed by atoms with Crippen molar-refractivity contribution in [3.8, 4) is 28.7 Å². The summed E-state index contributed by atoms with van der Waals surface area (Å²) >= 11 is 0. The molecule has 9 heteroatoms. The molecule has 0 bridgehead atoms. The molecule has 0 atom stereocenters. The van der Waals surface area contributed by atoms with Crippen LogP contribution in [0.2, 0.25) is 0 Å². The van der Waals surface area contributed by atoms with Crippen LogP contribution in [-0.4, -0.2) is 44.1 Å². The van der Waals surface area contributed by atoms with Crippen LogP contribution >= 0.6 is 0 Å². The Balaban J connectivity index is 1.85. The van der Waals surface area contributed by atoms with Gasteiger partial charge in [0, 0.05) is 23.2 Å². The van der Waals surface area contributed by atoms with Gasteiger partial charge in [-0.25, -0.2) is 0 Å². The van der Waals surface area contributed by atoms with Gasteiger partial charge in [0.2, 0.25) is 0 Å². The Labute approximate surface area is 195 Å². The second kappa shape index (κ2) is 9.53. The molecule has 0 saturated carbocycles. The topological polar surface area (TPSA) is 101 Å². The number of nitrogens with zero attached hydrogens (tertiary/aromatic N) is 2. The summed E-state index contributed by atoms with van der Waals surface area (Å²) in [7, 11) is 6.06. The van der Waals surface area contributed by atoms with Crippen LogP contribution in [-0.2, 0) is 0 Å². The lowest BCUT2D eigenvalue weighted by molar-refractivity contribution is 0.102. The number of fused-ring (bicyclic) bond motifs is 1. The minimum absolute atomic E-state index is 0.0721. The molecule has 4 aromatic rings. The first kappa shape index (κ1) is 22.7. The molecule has 34 heavy (non-hydrogen) atoms. The fraction of sp³-hybridized carbons (Fsp3) is 0.160. The lowest BCUT2D eigenvalue weighted by Crippen LogP contribution is -2.26. The van der Waals surface area contributed by atoms with Crippen LogP contribution in [0.3, 0.4) is 0 Å². The van der Waals surface area contributed by atoms with Crippen LogP contribution in [0, 0.1) is 0 Å². The van der Waals surface area contributed by atoms with Crippen molar-refractivity contribution in [2.75, 3.05) is 33.8 Å². The molecule has 1 aromatic heterocycles. The molecule has 0 saturated heterocycles. The predicted molar refractivity (Wildman–Crippen MR) is 128 cm³/mol. The fourth-order valence-corrected chi connectivity index (χ4v) is 3.58. The summed E-state index contributed by atoms with van der Waals surface area (Å²) in [5.41, 5.74) is 0.539. The molecule has 1 amide bonds. The maximum atomic E-state index is 13.3. The largest absolute Gasteiger partial charge is 0.497 e. The molecule has 0 radical (unpaired) electrons. The van der Waals surface area contributed by atoms with Crippen molar-refractivity contribution in [1.29, 1.82) is 0 Å². The van der Waals surface area contributed by atoms with Gasteiger partial charge in [-0.3, -0.25) is 9.59 Å². The molecule has 174 valence electrons. The fourth-order valence-electron chi connectivity index (χ4n) is 3.58. The van der Waals surface area contributed by atoms with E-state index in [9.17, 15) is 9.59 Å². The van der Waals surface area contributed by atoms with E-state index >= 15 is 0 Å². The normalized spacial score (nSPS) is 10.6. The van der Waals surface area contributed by atoms with Crippen molar-refractivity contribution in [2.45, 2.75) is 0 Å². The summed E-state index contributed by atoms with van der Waals surface area (Å²) in [6.07, 6.45) is 0. The number of carbonyl (C=O) groups excluding carboxylic acids is 1. The van der Waals surface area contributed by atoms with Crippen molar-refractivity contribution in [1.82, 2.24) is 9.78 Å². The van der Waals surface area contributed by atoms with Crippen LogP contribution in [0.4, 0.5) is 5.69 Å². The average Bonchev–Trinajstić information content (AvgIpc) is 2.88. The summed E-state index contributed by atoms with van der Waals surface area (Å²) < 4.78 is 22.4. The van der Waals surface area contributed by atoms with Gasteiger partial charge in [-0.15, -0.1) is 0 Å². The van der Waals surface area contributed by atoms with E-state index in [0.717, 1.165) is 4.68 Å². The van der Waals surface area contributed by atoms with Crippen LogP contribution in [0.15, 0.2) is 65.5 Å². The summed E-state index contributed by atoms with van der Waals surface area (Å²) in [6, 6.07) is 16.8. The van der Waals surface area contributed by atoms with E-state index in [4.69, 9.17) is 18.9 Å². The number of rotatable bonds is 7. The van der Waals surface area contributed by atoms with Gasteiger partial charge in [0.05, 0.1) is 33.8 Å². The van der Waals surface area contributed by atoms with Crippen molar-refractivity contribution in [3.05, 3.63) is 76.7 Å². The Morgan fingerprint density at radius 1 is 0.794 bits per heavy atom. The Bertz CT molecular complexity index is 1430. The monoisotopic (exact) mass is 461 g/mol. The number of hydrogen-bond acceptors (Lipinski definition) is 7. The molecule has 9 nitrogen and oxygen atoms in total. The van der Waals surface area contributed by atoms with Gasteiger partial charge in [0.25, 0.3) is 11.5 Å². The smallest absolute Gasteiger partial charge is 0.279 e. The minimum atomic E-state index is -0.496. The van der Waals surface area contributed by atoms with Gasteiger partial charge < -0.3 is 24.3 Å². The number of methoxy groups -OCH3 is 4. The van der Waals surface area contributed by atoms with Gasteiger partial charge in [-0.1, -0.05) is 18.2 Å². The zero-order chi connectivity index (χ0) is 24.2. The van der Waals surface area contributed by atoms with E-state index in [0.29, 0.717) is 45.1 Å². The highest BCUT2D eigenvalue weighted by Crippen LogP contribution is 2.30. The summed E-state index contributed by atoms with van der Waals surface area (Å²) in [5.74, 6) is 1.43. The van der Waals surface area contributed by atoms with E-state index in [2.05, 4.69) is 10.4 Å². The van der Waals surface area contributed by atoms with E-state index in [1.165, 1.54) is 28.4 Å². The third-order valence-electron chi connectivity index (χ3n) is 5.28. The molecule has 1 N–H and O–H groups in total. The molecule has 3 aromatic carbocycles. The van der Waals surface area contributed by atoms with E-state index in [1.807, 2.05) is 0 Å². The highest BCUT2D eigenvalue weighted by atomic mass is 16.5. The number of carbonyl (C=O) groups is 1. The minimum Gasteiger partial charge on any atom is -0.497 e. The first-order valence-corrected chi connectivity index (χ1v) is 10.3. The number of anilines is 1. The Hall–Kier alpha value is -4.53. The molecular formula is C25H23N3O6. The number of nitrogens with one attached hydrogen (secondary N) is 1. The third-order valence-corrected chi connectivity index (χ3v) is 5.28. The van der Waals surface area contributed by atoms with E-state index < -0.39 is 5.91 Å². The van der Waals surface area contributed by atoms with Gasteiger partial charge in [-0.2, -0.15) is 9.78 Å². The van der Waals surface area contributed by atoms with Crippen molar-refractivity contribution >= 4 is 22.4 Å². The van der Waals surface area contributed by atoms with E-state index in [1.54, 1.807) is 60.7 Å². The summed E-state index contributed by atoms with van der Waals surface area (Å²) in [6.45, 7) is 0.